The third-order valence-electron chi connectivity index (χ3n) is 3.30. The lowest BCUT2D eigenvalue weighted by atomic mass is 10.1. The maximum absolute atomic E-state index is 11.1. The zero-order valence-corrected chi connectivity index (χ0v) is 11.9. The van der Waals surface area contributed by atoms with Crippen LogP contribution in [0.3, 0.4) is 0 Å². The van der Waals surface area contributed by atoms with Crippen LogP contribution in [0.1, 0.15) is 31.4 Å². The summed E-state index contributed by atoms with van der Waals surface area (Å²) in [5.41, 5.74) is 1.59. The smallest absolute Gasteiger partial charge is 0.308 e. The predicted octanol–water partition coefficient (Wildman–Crippen LogP) is 1.84. The minimum Gasteiger partial charge on any atom is -0.475 e. The normalized spacial score (nSPS) is 19.2. The van der Waals surface area contributed by atoms with E-state index in [9.17, 15) is 9.90 Å². The van der Waals surface area contributed by atoms with Gasteiger partial charge in [0.25, 0.3) is 0 Å². The summed E-state index contributed by atoms with van der Waals surface area (Å²) in [5.74, 6) is 0.633. The lowest BCUT2D eigenvalue weighted by molar-refractivity contribution is -0.131. The highest BCUT2D eigenvalue weighted by molar-refractivity contribution is 5.97. The summed E-state index contributed by atoms with van der Waals surface area (Å²) in [6.45, 7) is 5.50. The highest BCUT2D eigenvalue weighted by atomic mass is 16.5. The summed E-state index contributed by atoms with van der Waals surface area (Å²) < 4.78 is 10.7. The second kappa shape index (κ2) is 6.05. The fourth-order valence-electron chi connectivity index (χ4n) is 2.12. The van der Waals surface area contributed by atoms with E-state index in [4.69, 9.17) is 9.47 Å². The van der Waals surface area contributed by atoms with E-state index in [0.29, 0.717) is 24.7 Å². The molecular formula is C15H19NO4. The van der Waals surface area contributed by atoms with Gasteiger partial charge in [-0.3, -0.25) is 4.79 Å². The van der Waals surface area contributed by atoms with Gasteiger partial charge in [-0.2, -0.15) is 0 Å². The van der Waals surface area contributed by atoms with Crippen molar-refractivity contribution in [3.8, 4) is 5.75 Å². The number of ether oxygens (including phenoxy) is 2. The zero-order chi connectivity index (χ0) is 14.7. The number of aliphatic imine (C=N–C) groups is 1. The van der Waals surface area contributed by atoms with Gasteiger partial charge in [-0.15, -0.1) is 0 Å². The zero-order valence-electron chi connectivity index (χ0n) is 11.9. The van der Waals surface area contributed by atoms with E-state index in [0.717, 1.165) is 11.1 Å². The van der Waals surface area contributed by atoms with Crippen LogP contribution in [-0.4, -0.2) is 35.7 Å². The molecule has 0 saturated heterocycles. The van der Waals surface area contributed by atoms with E-state index in [-0.39, 0.29) is 12.0 Å². The maximum atomic E-state index is 11.1. The number of nitrogens with zero attached hydrogens (tertiary/aromatic N) is 1. The SMILES string of the molecule is CCC(O)C1COC(c2cccc(OC(C)=O)c2C)=N1. The standard InChI is InChI=1S/C15H19NO4/c1-4-13(18)12-8-19-15(16-12)11-6-5-7-14(9(11)2)20-10(3)17/h5-7,12-13,18H,4,8H2,1-3H3. The molecule has 0 saturated carbocycles. The Morgan fingerprint density at radius 3 is 3.00 bits per heavy atom. The molecule has 0 amide bonds. The minimum atomic E-state index is -0.496. The van der Waals surface area contributed by atoms with Crippen LogP contribution < -0.4 is 4.74 Å². The molecule has 0 aromatic heterocycles. The first kappa shape index (κ1) is 14.5. The van der Waals surface area contributed by atoms with E-state index in [2.05, 4.69) is 4.99 Å². The van der Waals surface area contributed by atoms with Crippen molar-refractivity contribution in [1.82, 2.24) is 0 Å². The Balaban J connectivity index is 2.28. The largest absolute Gasteiger partial charge is 0.475 e. The van der Waals surface area contributed by atoms with Crippen LogP contribution in [0, 0.1) is 6.92 Å². The summed E-state index contributed by atoms with van der Waals surface area (Å²) in [7, 11) is 0. The van der Waals surface area contributed by atoms with Gasteiger partial charge in [-0.05, 0) is 25.5 Å². The molecule has 1 aromatic carbocycles. The van der Waals surface area contributed by atoms with Gasteiger partial charge in [-0.25, -0.2) is 4.99 Å². The average molecular weight is 277 g/mol. The highest BCUT2D eigenvalue weighted by Gasteiger charge is 2.26. The van der Waals surface area contributed by atoms with E-state index < -0.39 is 6.10 Å². The number of hydrogen-bond acceptors (Lipinski definition) is 5. The number of benzene rings is 1. The number of carbonyl (C=O) groups excluding carboxylic acids is 1. The molecule has 0 bridgehead atoms. The first-order chi connectivity index (χ1) is 9.52. The lowest BCUT2D eigenvalue weighted by Crippen LogP contribution is -2.24. The monoisotopic (exact) mass is 277 g/mol. The Kier molecular flexibility index (Phi) is 4.39. The van der Waals surface area contributed by atoms with E-state index >= 15 is 0 Å². The number of esters is 1. The van der Waals surface area contributed by atoms with E-state index in [1.165, 1.54) is 6.92 Å². The highest BCUT2D eigenvalue weighted by Crippen LogP contribution is 2.25. The number of aliphatic hydroxyl groups is 1. The van der Waals surface area contributed by atoms with Crippen LogP contribution in [0.5, 0.6) is 5.75 Å². The Morgan fingerprint density at radius 2 is 2.35 bits per heavy atom. The van der Waals surface area contributed by atoms with Gasteiger partial charge in [0.1, 0.15) is 18.4 Å². The number of hydrogen-bond donors (Lipinski definition) is 1. The van der Waals surface area contributed by atoms with E-state index in [1.807, 2.05) is 19.9 Å². The van der Waals surface area contributed by atoms with Crippen molar-refractivity contribution in [3.63, 3.8) is 0 Å². The van der Waals surface area contributed by atoms with Crippen LogP contribution in [0.15, 0.2) is 23.2 Å². The molecule has 0 spiro atoms. The third-order valence-corrected chi connectivity index (χ3v) is 3.30. The van der Waals surface area contributed by atoms with Crippen LogP contribution in [0.25, 0.3) is 0 Å². The number of aliphatic hydroxyl groups excluding tert-OH is 1. The van der Waals surface area contributed by atoms with Gasteiger partial charge in [-0.1, -0.05) is 13.0 Å². The van der Waals surface area contributed by atoms with Crippen molar-refractivity contribution in [2.24, 2.45) is 4.99 Å². The Bertz CT molecular complexity index is 539. The van der Waals surface area contributed by atoms with Gasteiger partial charge in [0.15, 0.2) is 0 Å². The van der Waals surface area contributed by atoms with Gasteiger partial charge >= 0.3 is 5.97 Å². The van der Waals surface area contributed by atoms with Crippen molar-refractivity contribution in [1.29, 1.82) is 0 Å². The molecule has 2 unspecified atom stereocenters. The fourth-order valence-corrected chi connectivity index (χ4v) is 2.12. The second-order valence-corrected chi connectivity index (χ2v) is 4.81. The average Bonchev–Trinajstić information content (AvgIpc) is 2.89. The molecule has 1 aromatic rings. The molecule has 0 radical (unpaired) electrons. The van der Waals surface area contributed by atoms with Gasteiger partial charge in [0.05, 0.1) is 6.10 Å². The molecule has 108 valence electrons. The molecule has 2 atom stereocenters. The molecule has 20 heavy (non-hydrogen) atoms. The molecule has 5 heteroatoms. The summed E-state index contributed by atoms with van der Waals surface area (Å²) in [4.78, 5) is 15.5. The first-order valence-corrected chi connectivity index (χ1v) is 6.70. The van der Waals surface area contributed by atoms with Gasteiger partial charge in [0.2, 0.25) is 5.90 Å². The van der Waals surface area contributed by atoms with Gasteiger partial charge < -0.3 is 14.6 Å². The first-order valence-electron chi connectivity index (χ1n) is 6.70. The summed E-state index contributed by atoms with van der Waals surface area (Å²) in [5, 5.41) is 9.81. The van der Waals surface area contributed by atoms with Crippen molar-refractivity contribution in [3.05, 3.63) is 29.3 Å². The minimum absolute atomic E-state index is 0.230. The Morgan fingerprint density at radius 1 is 1.60 bits per heavy atom. The van der Waals surface area contributed by atoms with Crippen LogP contribution in [0.2, 0.25) is 0 Å². The molecule has 1 aliphatic rings. The molecule has 1 heterocycles. The maximum Gasteiger partial charge on any atom is 0.308 e. The lowest BCUT2D eigenvalue weighted by Gasteiger charge is -2.10. The molecule has 1 N–H and O–H groups in total. The quantitative estimate of drug-likeness (QED) is 0.673. The van der Waals surface area contributed by atoms with Crippen LogP contribution in [0.4, 0.5) is 0 Å². The Labute approximate surface area is 118 Å². The van der Waals surface area contributed by atoms with Crippen molar-refractivity contribution in [2.75, 3.05) is 6.61 Å². The van der Waals surface area contributed by atoms with Crippen molar-refractivity contribution in [2.45, 2.75) is 39.3 Å². The van der Waals surface area contributed by atoms with Crippen molar-refractivity contribution < 1.29 is 19.4 Å². The van der Waals surface area contributed by atoms with Crippen LogP contribution >= 0.6 is 0 Å². The molecular weight excluding hydrogens is 258 g/mol. The van der Waals surface area contributed by atoms with Gasteiger partial charge in [0, 0.05) is 18.1 Å². The molecule has 0 fully saturated rings. The predicted molar refractivity (Wildman–Crippen MR) is 75.1 cm³/mol. The van der Waals surface area contributed by atoms with Crippen molar-refractivity contribution >= 4 is 11.9 Å². The molecule has 1 aliphatic heterocycles. The summed E-state index contributed by atoms with van der Waals surface area (Å²) in [6, 6.07) is 5.15. The molecule has 0 aliphatic carbocycles. The van der Waals surface area contributed by atoms with Crippen LogP contribution in [-0.2, 0) is 9.53 Å². The van der Waals surface area contributed by atoms with E-state index in [1.54, 1.807) is 12.1 Å². The topological polar surface area (TPSA) is 68.1 Å². The summed E-state index contributed by atoms with van der Waals surface area (Å²) >= 11 is 0. The fraction of sp³-hybridized carbons (Fsp3) is 0.467. The second-order valence-electron chi connectivity index (χ2n) is 4.81. The number of rotatable bonds is 4. The molecule has 2 rings (SSSR count). The summed E-state index contributed by atoms with van der Waals surface area (Å²) in [6.07, 6.45) is 0.140. The Hall–Kier alpha value is -1.88. The third kappa shape index (κ3) is 2.99. The number of carbonyl (C=O) groups is 1. The molecule has 5 nitrogen and oxygen atoms in total.